The van der Waals surface area contributed by atoms with Gasteiger partial charge < -0.3 is 10.6 Å². The number of hydrogen-bond donors (Lipinski definition) is 2. The number of carbonyl (C=O) groups excluding carboxylic acids is 3. The molecule has 0 saturated carbocycles. The van der Waals surface area contributed by atoms with Crippen LogP contribution in [0.2, 0.25) is 0 Å². The van der Waals surface area contributed by atoms with E-state index in [9.17, 15) is 14.4 Å². The van der Waals surface area contributed by atoms with E-state index in [-0.39, 0.29) is 24.3 Å². The normalized spacial score (nSPS) is 17.6. The first-order valence-electron chi connectivity index (χ1n) is 7.93. The average molecular weight is 317 g/mol. The van der Waals surface area contributed by atoms with E-state index in [4.69, 9.17) is 0 Å². The van der Waals surface area contributed by atoms with Crippen molar-refractivity contribution in [2.24, 2.45) is 5.92 Å². The molecular formula is C17H23N3O3. The molecule has 0 bridgehead atoms. The average Bonchev–Trinajstić information content (AvgIpc) is 2.78. The number of hydrogen-bond acceptors (Lipinski definition) is 3. The molecule has 124 valence electrons. The lowest BCUT2D eigenvalue weighted by Crippen LogP contribution is -2.39. The summed E-state index contributed by atoms with van der Waals surface area (Å²) >= 11 is 0. The minimum Gasteiger partial charge on any atom is -0.326 e. The fourth-order valence-corrected chi connectivity index (χ4v) is 2.53. The summed E-state index contributed by atoms with van der Waals surface area (Å²) in [5.41, 5.74) is 1.86. The third kappa shape index (κ3) is 4.09. The molecule has 1 aliphatic heterocycles. The van der Waals surface area contributed by atoms with Crippen molar-refractivity contribution in [2.75, 3.05) is 11.9 Å². The number of imide groups is 1. The highest BCUT2D eigenvalue weighted by Crippen LogP contribution is 2.15. The van der Waals surface area contributed by atoms with Crippen LogP contribution in [-0.2, 0) is 16.0 Å². The Morgan fingerprint density at radius 1 is 1.26 bits per heavy atom. The zero-order valence-electron chi connectivity index (χ0n) is 13.8. The zero-order valence-corrected chi connectivity index (χ0v) is 13.8. The molecule has 6 heteroatoms. The monoisotopic (exact) mass is 317 g/mol. The fraction of sp³-hybridized carbons (Fsp3) is 0.471. The first kappa shape index (κ1) is 17.0. The summed E-state index contributed by atoms with van der Waals surface area (Å²) in [6, 6.07) is 6.51. The van der Waals surface area contributed by atoms with Crippen LogP contribution in [0.4, 0.5) is 10.5 Å². The Hall–Kier alpha value is -2.37. The molecule has 0 radical (unpaired) electrons. The molecule has 1 saturated heterocycles. The molecule has 1 atom stereocenters. The summed E-state index contributed by atoms with van der Waals surface area (Å²) in [7, 11) is 0. The maximum Gasteiger partial charge on any atom is 0.325 e. The Kier molecular flexibility index (Phi) is 5.36. The van der Waals surface area contributed by atoms with Crippen LogP contribution in [0.1, 0.15) is 32.8 Å². The summed E-state index contributed by atoms with van der Waals surface area (Å²) in [5, 5.41) is 5.31. The highest BCUT2D eigenvalue weighted by molar-refractivity contribution is 6.08. The summed E-state index contributed by atoms with van der Waals surface area (Å²) in [6.45, 7) is 5.54. The second-order valence-electron chi connectivity index (χ2n) is 6.09. The van der Waals surface area contributed by atoms with Crippen molar-refractivity contribution in [1.82, 2.24) is 10.2 Å². The lowest BCUT2D eigenvalue weighted by molar-refractivity contribution is -0.131. The van der Waals surface area contributed by atoms with Crippen molar-refractivity contribution in [1.29, 1.82) is 0 Å². The van der Waals surface area contributed by atoms with Gasteiger partial charge in [0, 0.05) is 5.69 Å². The first-order valence-corrected chi connectivity index (χ1v) is 7.93. The van der Waals surface area contributed by atoms with Crippen LogP contribution in [0.15, 0.2) is 24.3 Å². The van der Waals surface area contributed by atoms with E-state index >= 15 is 0 Å². The Morgan fingerprint density at radius 2 is 1.91 bits per heavy atom. The van der Waals surface area contributed by atoms with Crippen molar-refractivity contribution in [3.8, 4) is 0 Å². The predicted molar refractivity (Wildman–Crippen MR) is 87.9 cm³/mol. The quantitative estimate of drug-likeness (QED) is 0.789. The van der Waals surface area contributed by atoms with Gasteiger partial charge in [-0.1, -0.05) is 39.3 Å². The van der Waals surface area contributed by atoms with Gasteiger partial charge in [0.2, 0.25) is 5.91 Å². The van der Waals surface area contributed by atoms with E-state index < -0.39 is 12.1 Å². The van der Waals surface area contributed by atoms with Crippen LogP contribution in [0, 0.1) is 5.92 Å². The van der Waals surface area contributed by atoms with Crippen LogP contribution >= 0.6 is 0 Å². The minimum absolute atomic E-state index is 0.00868. The molecule has 1 aromatic carbocycles. The lowest BCUT2D eigenvalue weighted by Gasteiger charge is -2.14. The van der Waals surface area contributed by atoms with E-state index in [1.165, 1.54) is 5.56 Å². The number of nitrogens with one attached hydrogen (secondary N) is 2. The van der Waals surface area contributed by atoms with Crippen LogP contribution in [0.25, 0.3) is 0 Å². The molecule has 1 aromatic rings. The second kappa shape index (κ2) is 7.26. The molecule has 2 N–H and O–H groups in total. The largest absolute Gasteiger partial charge is 0.326 e. The SMILES string of the molecule is CCCc1ccc(NC(=O)CN2C(=O)NC(C(C)C)C2=O)cc1. The highest BCUT2D eigenvalue weighted by atomic mass is 16.2. The van der Waals surface area contributed by atoms with Crippen LogP contribution in [-0.4, -0.2) is 35.3 Å². The van der Waals surface area contributed by atoms with E-state index in [1.807, 2.05) is 38.1 Å². The van der Waals surface area contributed by atoms with Crippen molar-refractivity contribution in [3.63, 3.8) is 0 Å². The molecular weight excluding hydrogens is 294 g/mol. The minimum atomic E-state index is -0.552. The van der Waals surface area contributed by atoms with Crippen molar-refractivity contribution < 1.29 is 14.4 Å². The van der Waals surface area contributed by atoms with Crippen molar-refractivity contribution in [3.05, 3.63) is 29.8 Å². The summed E-state index contributed by atoms with van der Waals surface area (Å²) in [5.74, 6) is -0.745. The van der Waals surface area contributed by atoms with E-state index in [1.54, 1.807) is 0 Å². The van der Waals surface area contributed by atoms with Gasteiger partial charge in [0.25, 0.3) is 5.91 Å². The molecule has 1 fully saturated rings. The fourth-order valence-electron chi connectivity index (χ4n) is 2.53. The molecule has 6 nitrogen and oxygen atoms in total. The van der Waals surface area contributed by atoms with Gasteiger partial charge in [-0.3, -0.25) is 14.5 Å². The standard InChI is InChI=1S/C17H23N3O3/c1-4-5-12-6-8-13(9-7-12)18-14(21)10-20-16(22)15(11(2)3)19-17(20)23/h6-9,11,15H,4-5,10H2,1-3H3,(H,18,21)(H,19,23). The molecule has 1 unspecified atom stereocenters. The van der Waals surface area contributed by atoms with Gasteiger partial charge in [-0.25, -0.2) is 4.79 Å². The molecule has 0 spiro atoms. The van der Waals surface area contributed by atoms with Crippen molar-refractivity contribution >= 4 is 23.5 Å². The molecule has 23 heavy (non-hydrogen) atoms. The Labute approximate surface area is 136 Å². The Balaban J connectivity index is 1.94. The first-order chi connectivity index (χ1) is 10.9. The predicted octanol–water partition coefficient (Wildman–Crippen LogP) is 2.15. The molecule has 2 rings (SSSR count). The maximum absolute atomic E-state index is 12.1. The number of benzene rings is 1. The van der Waals surface area contributed by atoms with Gasteiger partial charge >= 0.3 is 6.03 Å². The number of nitrogens with zero attached hydrogens (tertiary/aromatic N) is 1. The molecule has 0 aliphatic carbocycles. The molecule has 1 heterocycles. The van der Waals surface area contributed by atoms with Gasteiger partial charge in [0.1, 0.15) is 12.6 Å². The zero-order chi connectivity index (χ0) is 17.0. The van der Waals surface area contributed by atoms with E-state index in [0.29, 0.717) is 5.69 Å². The molecule has 0 aromatic heterocycles. The molecule has 4 amide bonds. The van der Waals surface area contributed by atoms with Gasteiger partial charge in [-0.15, -0.1) is 0 Å². The van der Waals surface area contributed by atoms with Crippen LogP contribution in [0.3, 0.4) is 0 Å². The number of aryl methyl sites for hydroxylation is 1. The third-order valence-corrected chi connectivity index (χ3v) is 3.80. The van der Waals surface area contributed by atoms with Crippen LogP contribution < -0.4 is 10.6 Å². The van der Waals surface area contributed by atoms with Crippen LogP contribution in [0.5, 0.6) is 0 Å². The van der Waals surface area contributed by atoms with Crippen molar-refractivity contribution in [2.45, 2.75) is 39.7 Å². The van der Waals surface area contributed by atoms with E-state index in [2.05, 4.69) is 17.6 Å². The number of urea groups is 1. The summed E-state index contributed by atoms with van der Waals surface area (Å²) in [4.78, 5) is 37.0. The lowest BCUT2D eigenvalue weighted by atomic mass is 10.1. The number of carbonyl (C=O) groups is 3. The van der Waals surface area contributed by atoms with Gasteiger partial charge in [0.05, 0.1) is 0 Å². The third-order valence-electron chi connectivity index (χ3n) is 3.80. The number of anilines is 1. The number of amides is 4. The summed E-state index contributed by atoms with van der Waals surface area (Å²) < 4.78 is 0. The highest BCUT2D eigenvalue weighted by Gasteiger charge is 2.40. The summed E-state index contributed by atoms with van der Waals surface area (Å²) in [6.07, 6.45) is 2.06. The Bertz CT molecular complexity index is 596. The molecule has 1 aliphatic rings. The maximum atomic E-state index is 12.1. The van der Waals surface area contributed by atoms with Gasteiger partial charge in [-0.2, -0.15) is 0 Å². The topological polar surface area (TPSA) is 78.5 Å². The smallest absolute Gasteiger partial charge is 0.325 e. The van der Waals surface area contributed by atoms with Gasteiger partial charge in [-0.05, 0) is 30.0 Å². The number of rotatable bonds is 6. The van der Waals surface area contributed by atoms with E-state index in [0.717, 1.165) is 17.7 Å². The second-order valence-corrected chi connectivity index (χ2v) is 6.09. The van der Waals surface area contributed by atoms with Gasteiger partial charge in [0.15, 0.2) is 0 Å². The Morgan fingerprint density at radius 3 is 2.43 bits per heavy atom.